The highest BCUT2D eigenvalue weighted by atomic mass is 32.1. The third kappa shape index (κ3) is 6.38. The minimum Gasteiger partial charge on any atom is -0.349 e. The molecule has 0 bridgehead atoms. The molecule has 4 nitrogen and oxygen atoms in total. The molecule has 10 heteroatoms. The van der Waals surface area contributed by atoms with E-state index >= 15 is 0 Å². The minimum absolute atomic E-state index is 0.182. The molecule has 2 N–H and O–H groups in total. The molecule has 0 aromatic carbocycles. The van der Waals surface area contributed by atoms with E-state index in [1.165, 1.54) is 16.2 Å². The Balaban J connectivity index is 1.20. The van der Waals surface area contributed by atoms with Gasteiger partial charge in [0.15, 0.2) is 0 Å². The van der Waals surface area contributed by atoms with Gasteiger partial charge < -0.3 is 10.6 Å². The lowest BCUT2D eigenvalue weighted by Crippen LogP contribution is -2.46. The van der Waals surface area contributed by atoms with Crippen molar-refractivity contribution in [2.75, 3.05) is 19.6 Å². The maximum atomic E-state index is 13.3. The predicted molar refractivity (Wildman–Crippen MR) is 109 cm³/mol. The van der Waals surface area contributed by atoms with E-state index in [4.69, 9.17) is 0 Å². The predicted octanol–water partition coefficient (Wildman–Crippen LogP) is 4.53. The van der Waals surface area contributed by atoms with Gasteiger partial charge in [-0.2, -0.15) is 13.2 Å². The second-order valence-corrected chi connectivity index (χ2v) is 10.0. The Bertz CT molecular complexity index is 765. The molecule has 1 amide bonds. The molecule has 1 aromatic rings. The number of nitrogens with one attached hydrogen (secondary N) is 2. The molecule has 174 valence electrons. The molecule has 4 rings (SSSR count). The molecular formula is C21H28F5N3OS. The summed E-state index contributed by atoms with van der Waals surface area (Å²) < 4.78 is 64.0. The summed E-state index contributed by atoms with van der Waals surface area (Å²) in [7, 11) is 0. The molecule has 2 heterocycles. The highest BCUT2D eigenvalue weighted by Gasteiger charge is 2.41. The summed E-state index contributed by atoms with van der Waals surface area (Å²) in [4.78, 5) is 14.5. The van der Waals surface area contributed by atoms with Crippen LogP contribution in [0.25, 0.3) is 0 Å². The topological polar surface area (TPSA) is 44.4 Å². The average molecular weight is 466 g/mol. The van der Waals surface area contributed by atoms with E-state index in [0.29, 0.717) is 55.6 Å². The number of nitrogens with zero attached hydrogens (tertiary/aromatic N) is 1. The van der Waals surface area contributed by atoms with Crippen LogP contribution < -0.4 is 10.6 Å². The van der Waals surface area contributed by atoms with Crippen molar-refractivity contribution < 1.29 is 26.7 Å². The van der Waals surface area contributed by atoms with Gasteiger partial charge in [-0.25, -0.2) is 8.78 Å². The van der Waals surface area contributed by atoms with Gasteiger partial charge in [-0.15, -0.1) is 11.3 Å². The van der Waals surface area contributed by atoms with Gasteiger partial charge in [-0.1, -0.05) is 0 Å². The molecule has 2 saturated carbocycles. The Hall–Kier alpha value is -1.26. The highest BCUT2D eigenvalue weighted by Crippen LogP contribution is 2.43. The van der Waals surface area contributed by atoms with Gasteiger partial charge in [0.25, 0.3) is 5.91 Å². The molecule has 0 radical (unpaired) electrons. The van der Waals surface area contributed by atoms with Crippen LogP contribution in [-0.2, 0) is 0 Å². The van der Waals surface area contributed by atoms with Gasteiger partial charge in [0.1, 0.15) is 0 Å². The van der Waals surface area contributed by atoms with Crippen LogP contribution in [0.4, 0.5) is 22.0 Å². The molecule has 2 aliphatic carbocycles. The maximum absolute atomic E-state index is 13.3. The summed E-state index contributed by atoms with van der Waals surface area (Å²) in [6.45, 7) is 0.0592. The van der Waals surface area contributed by atoms with Crippen LogP contribution in [-0.4, -0.2) is 60.7 Å². The lowest BCUT2D eigenvalue weighted by Gasteiger charge is -2.33. The molecule has 1 saturated heterocycles. The molecular weight excluding hydrogens is 437 g/mol. The number of amides is 1. The van der Waals surface area contributed by atoms with Crippen LogP contribution in [0.5, 0.6) is 0 Å². The number of carbonyl (C=O) groups is 1. The van der Waals surface area contributed by atoms with E-state index < -0.39 is 18.6 Å². The fraction of sp³-hybridized carbons (Fsp3) is 0.762. The quantitative estimate of drug-likeness (QED) is 0.607. The number of thiophene rings is 1. The van der Waals surface area contributed by atoms with Crippen molar-refractivity contribution in [1.82, 2.24) is 15.5 Å². The first-order valence-corrected chi connectivity index (χ1v) is 11.8. The summed E-state index contributed by atoms with van der Waals surface area (Å²) in [5.41, 5.74) is 1.09. The Morgan fingerprint density at radius 3 is 2.45 bits per heavy atom. The molecule has 0 spiro atoms. The van der Waals surface area contributed by atoms with Crippen molar-refractivity contribution in [1.29, 1.82) is 0 Å². The number of halogens is 5. The SMILES string of the molecule is O=C(NC1CCC(F)(F)CC1)c1cc(C2CC2NC2CCN(CC(F)(F)F)CC2)cs1. The van der Waals surface area contributed by atoms with Crippen LogP contribution >= 0.6 is 11.3 Å². The first kappa shape index (κ1) is 22.9. The third-order valence-electron chi connectivity index (χ3n) is 6.55. The van der Waals surface area contributed by atoms with E-state index in [-0.39, 0.29) is 30.8 Å². The van der Waals surface area contributed by atoms with Crippen molar-refractivity contribution in [2.24, 2.45) is 0 Å². The Morgan fingerprint density at radius 1 is 1.13 bits per heavy atom. The second-order valence-electron chi connectivity index (χ2n) is 9.13. The zero-order valence-corrected chi connectivity index (χ0v) is 18.0. The summed E-state index contributed by atoms with van der Waals surface area (Å²) in [5, 5.41) is 8.42. The highest BCUT2D eigenvalue weighted by molar-refractivity contribution is 7.12. The number of piperidine rings is 1. The van der Waals surface area contributed by atoms with Crippen LogP contribution in [0.2, 0.25) is 0 Å². The Labute approximate surface area is 182 Å². The fourth-order valence-electron chi connectivity index (χ4n) is 4.67. The van der Waals surface area contributed by atoms with Gasteiger partial charge in [0.2, 0.25) is 5.92 Å². The zero-order chi connectivity index (χ0) is 22.2. The van der Waals surface area contributed by atoms with Gasteiger partial charge >= 0.3 is 6.18 Å². The fourth-order valence-corrected chi connectivity index (χ4v) is 5.54. The van der Waals surface area contributed by atoms with Gasteiger partial charge in [-0.05, 0) is 62.2 Å². The van der Waals surface area contributed by atoms with E-state index in [1.54, 1.807) is 0 Å². The number of alkyl halides is 5. The molecule has 2 unspecified atom stereocenters. The largest absolute Gasteiger partial charge is 0.401 e. The van der Waals surface area contributed by atoms with E-state index in [9.17, 15) is 26.7 Å². The first-order valence-electron chi connectivity index (χ1n) is 10.9. The average Bonchev–Trinajstić information content (AvgIpc) is 3.26. The Morgan fingerprint density at radius 2 is 1.81 bits per heavy atom. The maximum Gasteiger partial charge on any atom is 0.401 e. The Kier molecular flexibility index (Phi) is 6.61. The van der Waals surface area contributed by atoms with Gasteiger partial charge in [0, 0.05) is 36.9 Å². The standard InChI is InChI=1S/C21H28F5N3OS/c22-20(23)5-1-14(2-6-20)28-19(30)18-9-13(11-31-18)16-10-17(16)27-15-3-7-29(8-4-15)12-21(24,25)26/h9,11,14-17,27H,1-8,10,12H2,(H,28,30). The lowest BCUT2D eigenvalue weighted by molar-refractivity contribution is -0.148. The van der Waals surface area contributed by atoms with Crippen LogP contribution in [0.1, 0.15) is 66.1 Å². The van der Waals surface area contributed by atoms with E-state index in [0.717, 1.165) is 12.0 Å². The minimum atomic E-state index is -4.15. The number of hydrogen-bond acceptors (Lipinski definition) is 4. The molecule has 31 heavy (non-hydrogen) atoms. The smallest absolute Gasteiger partial charge is 0.349 e. The van der Waals surface area contributed by atoms with Crippen LogP contribution in [0, 0.1) is 0 Å². The van der Waals surface area contributed by atoms with Crippen molar-refractivity contribution >= 4 is 17.2 Å². The zero-order valence-electron chi connectivity index (χ0n) is 17.2. The van der Waals surface area contributed by atoms with Crippen molar-refractivity contribution in [3.05, 3.63) is 21.9 Å². The second kappa shape index (κ2) is 8.94. The number of hydrogen-bond donors (Lipinski definition) is 2. The third-order valence-corrected chi connectivity index (χ3v) is 7.50. The molecule has 2 atom stereocenters. The van der Waals surface area contributed by atoms with Crippen molar-refractivity contribution in [3.8, 4) is 0 Å². The summed E-state index contributed by atoms with van der Waals surface area (Å²) >= 11 is 1.37. The number of rotatable bonds is 6. The number of carbonyl (C=O) groups excluding carboxylic acids is 1. The lowest BCUT2D eigenvalue weighted by atomic mass is 9.92. The first-order chi connectivity index (χ1) is 14.6. The van der Waals surface area contributed by atoms with Gasteiger partial charge in [0.05, 0.1) is 11.4 Å². The van der Waals surface area contributed by atoms with Crippen LogP contribution in [0.15, 0.2) is 11.4 Å². The normalized spacial score (nSPS) is 27.9. The van der Waals surface area contributed by atoms with Crippen molar-refractivity contribution in [2.45, 2.75) is 81.1 Å². The van der Waals surface area contributed by atoms with Gasteiger partial charge in [-0.3, -0.25) is 9.69 Å². The van der Waals surface area contributed by atoms with Crippen LogP contribution in [0.3, 0.4) is 0 Å². The molecule has 1 aliphatic heterocycles. The van der Waals surface area contributed by atoms with E-state index in [1.807, 2.05) is 11.4 Å². The summed E-state index contributed by atoms with van der Waals surface area (Å²) in [6, 6.07) is 2.21. The van der Waals surface area contributed by atoms with Crippen molar-refractivity contribution in [3.63, 3.8) is 0 Å². The number of likely N-dealkylation sites (tertiary alicyclic amines) is 1. The monoisotopic (exact) mass is 465 g/mol. The van der Waals surface area contributed by atoms with E-state index in [2.05, 4.69) is 10.6 Å². The molecule has 3 fully saturated rings. The molecule has 3 aliphatic rings. The summed E-state index contributed by atoms with van der Waals surface area (Å²) in [6.07, 6.45) is -1.55. The summed E-state index contributed by atoms with van der Waals surface area (Å²) in [5.74, 6) is -2.49. The molecule has 1 aromatic heterocycles.